The zero-order valence-electron chi connectivity index (χ0n) is 16.0. The Kier molecular flexibility index (Phi) is 5.41. The maximum atomic E-state index is 14.2. The molecule has 1 aromatic carbocycles. The number of hydrogen-bond donors (Lipinski definition) is 2. The first-order valence-corrected chi connectivity index (χ1v) is 9.99. The number of H-pyrrole nitrogens is 1. The molecule has 2 N–H and O–H groups in total. The Morgan fingerprint density at radius 2 is 2.00 bits per heavy atom. The van der Waals surface area contributed by atoms with Crippen LogP contribution in [-0.2, 0) is 0 Å². The lowest BCUT2D eigenvalue weighted by Crippen LogP contribution is -2.35. The fourth-order valence-electron chi connectivity index (χ4n) is 4.12. The van der Waals surface area contributed by atoms with Gasteiger partial charge < -0.3 is 14.8 Å². The molecule has 2 heterocycles. The molecule has 1 aliphatic rings. The van der Waals surface area contributed by atoms with Crippen LogP contribution in [0.4, 0.5) is 4.39 Å². The summed E-state index contributed by atoms with van der Waals surface area (Å²) in [5, 5.41) is 6.91. The molecule has 1 atom stereocenters. The SMILES string of the molecule is Cc1nocc1C(=O)NC(c1nc2c(F)cccc2[nH]1)C1CCCCCCC1. The van der Waals surface area contributed by atoms with E-state index in [1.54, 1.807) is 19.1 Å². The van der Waals surface area contributed by atoms with Crippen molar-refractivity contribution >= 4 is 16.9 Å². The smallest absolute Gasteiger partial charge is 0.257 e. The quantitative estimate of drug-likeness (QED) is 0.675. The molecule has 28 heavy (non-hydrogen) atoms. The van der Waals surface area contributed by atoms with Gasteiger partial charge in [-0.1, -0.05) is 43.3 Å². The van der Waals surface area contributed by atoms with Crippen molar-refractivity contribution in [1.29, 1.82) is 0 Å². The van der Waals surface area contributed by atoms with Gasteiger partial charge in [-0.25, -0.2) is 9.37 Å². The number of imidazole rings is 1. The number of carbonyl (C=O) groups excluding carboxylic acids is 1. The van der Waals surface area contributed by atoms with Crippen LogP contribution < -0.4 is 5.32 Å². The van der Waals surface area contributed by atoms with Gasteiger partial charge in [-0.3, -0.25) is 4.79 Å². The number of halogens is 1. The van der Waals surface area contributed by atoms with Gasteiger partial charge in [0.05, 0.1) is 17.3 Å². The first-order valence-electron chi connectivity index (χ1n) is 9.99. The van der Waals surface area contributed by atoms with Crippen LogP contribution in [0.2, 0.25) is 0 Å². The monoisotopic (exact) mass is 384 g/mol. The van der Waals surface area contributed by atoms with Crippen LogP contribution in [0, 0.1) is 18.7 Å². The third kappa shape index (κ3) is 3.79. The number of hydrogen-bond acceptors (Lipinski definition) is 4. The van der Waals surface area contributed by atoms with E-state index in [0.29, 0.717) is 28.1 Å². The van der Waals surface area contributed by atoms with Gasteiger partial charge in [-0.15, -0.1) is 0 Å². The molecule has 0 spiro atoms. The highest BCUT2D eigenvalue weighted by molar-refractivity contribution is 5.95. The molecule has 148 valence electrons. The highest BCUT2D eigenvalue weighted by atomic mass is 19.1. The zero-order chi connectivity index (χ0) is 19.5. The first kappa shape index (κ1) is 18.7. The maximum Gasteiger partial charge on any atom is 0.257 e. The van der Waals surface area contributed by atoms with Gasteiger partial charge in [0.15, 0.2) is 5.82 Å². The molecule has 1 saturated carbocycles. The van der Waals surface area contributed by atoms with Gasteiger partial charge in [-0.2, -0.15) is 0 Å². The molecule has 0 saturated heterocycles. The predicted molar refractivity (Wildman–Crippen MR) is 103 cm³/mol. The van der Waals surface area contributed by atoms with Gasteiger partial charge in [0.25, 0.3) is 5.91 Å². The maximum absolute atomic E-state index is 14.2. The number of aromatic amines is 1. The molecule has 0 radical (unpaired) electrons. The number of nitrogens with zero attached hydrogens (tertiary/aromatic N) is 2. The summed E-state index contributed by atoms with van der Waals surface area (Å²) in [6.45, 7) is 1.74. The number of aryl methyl sites for hydroxylation is 1. The van der Waals surface area contributed by atoms with E-state index in [0.717, 1.165) is 25.7 Å². The summed E-state index contributed by atoms with van der Waals surface area (Å²) in [6.07, 6.45) is 9.29. The van der Waals surface area contributed by atoms with Crippen molar-refractivity contribution in [2.75, 3.05) is 0 Å². The average Bonchev–Trinajstić information content (AvgIpc) is 3.27. The van der Waals surface area contributed by atoms with E-state index in [2.05, 4.69) is 20.4 Å². The van der Waals surface area contributed by atoms with Crippen molar-refractivity contribution in [3.8, 4) is 0 Å². The Labute approximate surface area is 162 Å². The van der Waals surface area contributed by atoms with E-state index in [1.165, 1.54) is 31.6 Å². The highest BCUT2D eigenvalue weighted by Gasteiger charge is 2.29. The van der Waals surface area contributed by atoms with Crippen LogP contribution in [0.15, 0.2) is 29.0 Å². The molecule has 1 fully saturated rings. The molecular weight excluding hydrogens is 359 g/mol. The van der Waals surface area contributed by atoms with E-state index < -0.39 is 0 Å². The van der Waals surface area contributed by atoms with Crippen molar-refractivity contribution in [3.63, 3.8) is 0 Å². The molecule has 1 amide bonds. The average molecular weight is 384 g/mol. The lowest BCUT2D eigenvalue weighted by molar-refractivity contribution is 0.0911. The molecule has 7 heteroatoms. The standard InChI is InChI=1S/C21H25FN4O2/c1-13-15(12-28-26-13)21(27)25-18(14-8-5-3-2-4-6-9-14)20-23-17-11-7-10-16(22)19(17)24-20/h7,10-12,14,18H,2-6,8-9H2,1H3,(H,23,24)(H,25,27). The minimum absolute atomic E-state index is 0.244. The van der Waals surface area contributed by atoms with E-state index in [9.17, 15) is 9.18 Å². The van der Waals surface area contributed by atoms with Crippen molar-refractivity contribution in [2.24, 2.45) is 5.92 Å². The minimum atomic E-state index is -0.363. The molecule has 6 nitrogen and oxygen atoms in total. The lowest BCUT2D eigenvalue weighted by Gasteiger charge is -2.28. The molecule has 0 aliphatic heterocycles. The van der Waals surface area contributed by atoms with Gasteiger partial charge in [0, 0.05) is 0 Å². The number of carbonyl (C=O) groups is 1. The second-order valence-electron chi connectivity index (χ2n) is 7.63. The summed E-state index contributed by atoms with van der Waals surface area (Å²) in [7, 11) is 0. The second-order valence-corrected chi connectivity index (χ2v) is 7.63. The Hall–Kier alpha value is -2.70. The number of amides is 1. The molecule has 2 aromatic heterocycles. The second kappa shape index (κ2) is 8.12. The van der Waals surface area contributed by atoms with Crippen molar-refractivity contribution in [2.45, 2.75) is 57.9 Å². The van der Waals surface area contributed by atoms with E-state index in [4.69, 9.17) is 4.52 Å². The molecule has 3 aromatic rings. The largest absolute Gasteiger partial charge is 0.364 e. The summed E-state index contributed by atoms with van der Waals surface area (Å²) in [6, 6.07) is 4.54. The van der Waals surface area contributed by atoms with E-state index in [1.807, 2.05) is 0 Å². The molecule has 1 unspecified atom stereocenters. The Balaban J connectivity index is 1.68. The highest BCUT2D eigenvalue weighted by Crippen LogP contribution is 2.33. The normalized spacial score (nSPS) is 17.2. The number of para-hydroxylation sites is 1. The summed E-state index contributed by atoms with van der Waals surface area (Å²) in [4.78, 5) is 20.6. The topological polar surface area (TPSA) is 83.8 Å². The van der Waals surface area contributed by atoms with Crippen LogP contribution in [0.1, 0.15) is 72.9 Å². The fraction of sp³-hybridized carbons (Fsp3) is 0.476. The molecule has 0 bridgehead atoms. The van der Waals surface area contributed by atoms with Gasteiger partial charge >= 0.3 is 0 Å². The van der Waals surface area contributed by atoms with Crippen LogP contribution in [-0.4, -0.2) is 21.0 Å². The lowest BCUT2D eigenvalue weighted by atomic mass is 9.85. The number of aromatic nitrogens is 3. The van der Waals surface area contributed by atoms with Crippen molar-refractivity contribution in [3.05, 3.63) is 47.4 Å². The van der Waals surface area contributed by atoms with Gasteiger partial charge in [0.2, 0.25) is 0 Å². The molecule has 4 rings (SSSR count). The number of rotatable bonds is 4. The Bertz CT molecular complexity index is 956. The number of fused-ring (bicyclic) bond motifs is 1. The number of benzene rings is 1. The third-order valence-electron chi connectivity index (χ3n) is 5.68. The van der Waals surface area contributed by atoms with Crippen LogP contribution >= 0.6 is 0 Å². The first-order chi connectivity index (χ1) is 13.6. The molecule has 1 aliphatic carbocycles. The predicted octanol–water partition coefficient (Wildman–Crippen LogP) is 4.83. The summed E-state index contributed by atoms with van der Waals surface area (Å²) in [5.41, 5.74) is 1.91. The summed E-state index contributed by atoms with van der Waals surface area (Å²) < 4.78 is 19.1. The van der Waals surface area contributed by atoms with Crippen LogP contribution in [0.3, 0.4) is 0 Å². The van der Waals surface area contributed by atoms with Crippen molar-refractivity contribution in [1.82, 2.24) is 20.4 Å². The van der Waals surface area contributed by atoms with Gasteiger partial charge in [-0.05, 0) is 37.8 Å². The van der Waals surface area contributed by atoms with Crippen LogP contribution in [0.5, 0.6) is 0 Å². The Morgan fingerprint density at radius 1 is 1.25 bits per heavy atom. The number of nitrogens with one attached hydrogen (secondary N) is 2. The minimum Gasteiger partial charge on any atom is -0.364 e. The fourth-order valence-corrected chi connectivity index (χ4v) is 4.12. The van der Waals surface area contributed by atoms with E-state index >= 15 is 0 Å². The van der Waals surface area contributed by atoms with Crippen LogP contribution in [0.25, 0.3) is 11.0 Å². The molecular formula is C21H25FN4O2. The third-order valence-corrected chi connectivity index (χ3v) is 5.68. The summed E-state index contributed by atoms with van der Waals surface area (Å²) >= 11 is 0. The van der Waals surface area contributed by atoms with E-state index in [-0.39, 0.29) is 23.7 Å². The van der Waals surface area contributed by atoms with Gasteiger partial charge in [0.1, 0.15) is 23.2 Å². The zero-order valence-corrected chi connectivity index (χ0v) is 16.0. The summed E-state index contributed by atoms with van der Waals surface area (Å²) in [5.74, 6) is 0.241. The Morgan fingerprint density at radius 3 is 2.68 bits per heavy atom. The van der Waals surface area contributed by atoms with Crippen molar-refractivity contribution < 1.29 is 13.7 Å².